The minimum Gasteiger partial charge on any atom is -0.357 e. The van der Waals surface area contributed by atoms with Crippen LogP contribution in [0.5, 0.6) is 0 Å². The minimum atomic E-state index is -0.159. The van der Waals surface area contributed by atoms with E-state index in [2.05, 4.69) is 73.3 Å². The monoisotopic (exact) mass is 303 g/mol. The molecule has 1 unspecified atom stereocenters. The Labute approximate surface area is 138 Å². The molecule has 1 fully saturated rings. The summed E-state index contributed by atoms with van der Waals surface area (Å²) in [5, 5.41) is 0. The third-order valence-corrected chi connectivity index (χ3v) is 5.43. The lowest BCUT2D eigenvalue weighted by Crippen LogP contribution is -2.43. The van der Waals surface area contributed by atoms with Crippen LogP contribution in [0, 0.1) is 19.3 Å². The zero-order valence-corrected chi connectivity index (χ0v) is 13.6. The number of likely N-dealkylation sites (N-methyl/N-ethyl adjacent to an activating group) is 1. The van der Waals surface area contributed by atoms with E-state index in [9.17, 15) is 0 Å². The highest BCUT2D eigenvalue weighted by molar-refractivity contribution is 5.66. The molecule has 0 aromatic heterocycles. The van der Waals surface area contributed by atoms with Gasteiger partial charge in [-0.3, -0.25) is 0 Å². The second-order valence-corrected chi connectivity index (χ2v) is 6.66. The summed E-state index contributed by atoms with van der Waals surface area (Å²) in [5.74, 6) is 3.12. The van der Waals surface area contributed by atoms with Crippen molar-refractivity contribution >= 4 is 5.69 Å². The molecule has 2 aromatic carbocycles. The Hall–Kier alpha value is -2.24. The largest absolute Gasteiger partial charge is 0.357 e. The van der Waals surface area contributed by atoms with Gasteiger partial charge in [-0.1, -0.05) is 53.9 Å². The first-order valence-corrected chi connectivity index (χ1v) is 8.15. The molecule has 2 heteroatoms. The first kappa shape index (κ1) is 14.4. The van der Waals surface area contributed by atoms with Crippen LogP contribution in [0.1, 0.15) is 29.0 Å². The standard InChI is InChI=1S/C21H21NO/c1-4-17(16-9-7-8-15(2)14-16)21-12-13-23-20(21)22(3)19-11-6-5-10-18(19)21/h1,5-11,14,17,20H,12-13H2,2-3H3/t17?,20-,21+/m0/s1. The number of hydrogen-bond donors (Lipinski definition) is 0. The van der Waals surface area contributed by atoms with E-state index in [-0.39, 0.29) is 17.6 Å². The summed E-state index contributed by atoms with van der Waals surface area (Å²) >= 11 is 0. The summed E-state index contributed by atoms with van der Waals surface area (Å²) in [5.41, 5.74) is 4.87. The van der Waals surface area contributed by atoms with Gasteiger partial charge in [0, 0.05) is 12.7 Å². The summed E-state index contributed by atoms with van der Waals surface area (Å²) in [6, 6.07) is 17.2. The highest BCUT2D eigenvalue weighted by atomic mass is 16.5. The van der Waals surface area contributed by atoms with Crippen molar-refractivity contribution in [2.24, 2.45) is 0 Å². The predicted octanol–water partition coefficient (Wildman–Crippen LogP) is 3.85. The van der Waals surface area contributed by atoms with Gasteiger partial charge < -0.3 is 9.64 Å². The summed E-state index contributed by atoms with van der Waals surface area (Å²) < 4.78 is 6.14. The van der Waals surface area contributed by atoms with Crippen LogP contribution in [-0.4, -0.2) is 19.9 Å². The number of hydrogen-bond acceptors (Lipinski definition) is 2. The number of anilines is 1. The molecule has 2 aliphatic rings. The molecule has 23 heavy (non-hydrogen) atoms. The normalized spacial score (nSPS) is 26.5. The highest BCUT2D eigenvalue weighted by Crippen LogP contribution is 2.57. The lowest BCUT2D eigenvalue weighted by Gasteiger charge is -2.36. The fourth-order valence-corrected chi connectivity index (χ4v) is 4.47. The maximum Gasteiger partial charge on any atom is 0.141 e. The molecule has 2 aliphatic heterocycles. The fraction of sp³-hybridized carbons (Fsp3) is 0.333. The number of fused-ring (bicyclic) bond motifs is 3. The first-order valence-electron chi connectivity index (χ1n) is 8.15. The Bertz CT molecular complexity index is 790. The van der Waals surface area contributed by atoms with Crippen molar-refractivity contribution in [2.45, 2.75) is 30.9 Å². The second kappa shape index (κ2) is 5.15. The molecule has 0 radical (unpaired) electrons. The summed E-state index contributed by atoms with van der Waals surface area (Å²) in [7, 11) is 2.11. The third-order valence-electron chi connectivity index (χ3n) is 5.43. The van der Waals surface area contributed by atoms with E-state index in [1.165, 1.54) is 22.4 Å². The first-order chi connectivity index (χ1) is 11.2. The van der Waals surface area contributed by atoms with Crippen LogP contribution < -0.4 is 4.90 Å². The SMILES string of the molecule is C#CC(c1cccc(C)c1)[C@@]12CCO[C@@H]1N(C)c1ccccc12. The van der Waals surface area contributed by atoms with Gasteiger partial charge in [0.1, 0.15) is 6.23 Å². The molecule has 2 aromatic rings. The number of aryl methyl sites for hydroxylation is 1. The Morgan fingerprint density at radius 3 is 2.87 bits per heavy atom. The van der Waals surface area contributed by atoms with Gasteiger partial charge in [-0.25, -0.2) is 0 Å². The van der Waals surface area contributed by atoms with Crippen LogP contribution in [0.25, 0.3) is 0 Å². The smallest absolute Gasteiger partial charge is 0.141 e. The molecule has 2 heterocycles. The second-order valence-electron chi connectivity index (χ2n) is 6.66. The van der Waals surface area contributed by atoms with E-state index in [1.807, 2.05) is 0 Å². The van der Waals surface area contributed by atoms with E-state index in [4.69, 9.17) is 11.2 Å². The molecule has 0 spiro atoms. The maximum absolute atomic E-state index is 6.14. The molecule has 0 saturated carbocycles. The number of nitrogens with zero attached hydrogens (tertiary/aromatic N) is 1. The average molecular weight is 303 g/mol. The van der Waals surface area contributed by atoms with Gasteiger partial charge in [-0.2, -0.15) is 0 Å². The Kier molecular flexibility index (Phi) is 3.21. The van der Waals surface area contributed by atoms with Crippen LogP contribution in [0.15, 0.2) is 48.5 Å². The van der Waals surface area contributed by atoms with Crippen LogP contribution in [-0.2, 0) is 10.2 Å². The van der Waals surface area contributed by atoms with Crippen molar-refractivity contribution in [3.8, 4) is 12.3 Å². The molecule has 0 bridgehead atoms. The average Bonchev–Trinajstić information content (AvgIpc) is 3.08. The third kappa shape index (κ3) is 1.87. The van der Waals surface area contributed by atoms with Crippen molar-refractivity contribution in [1.82, 2.24) is 0 Å². The van der Waals surface area contributed by atoms with E-state index in [1.54, 1.807) is 0 Å². The molecule has 3 atom stereocenters. The fourth-order valence-electron chi connectivity index (χ4n) is 4.47. The molecular formula is C21H21NO. The number of terminal acetylenes is 1. The molecule has 1 saturated heterocycles. The molecule has 116 valence electrons. The van der Waals surface area contributed by atoms with Gasteiger partial charge in [-0.05, 0) is 30.5 Å². The van der Waals surface area contributed by atoms with E-state index in [0.29, 0.717) is 0 Å². The van der Waals surface area contributed by atoms with Gasteiger partial charge in [0.15, 0.2) is 0 Å². The summed E-state index contributed by atoms with van der Waals surface area (Å²) in [4.78, 5) is 2.25. The van der Waals surface area contributed by atoms with Gasteiger partial charge in [0.25, 0.3) is 0 Å². The Balaban J connectivity index is 1.93. The van der Waals surface area contributed by atoms with Gasteiger partial charge in [-0.15, -0.1) is 6.42 Å². The van der Waals surface area contributed by atoms with E-state index in [0.717, 1.165) is 13.0 Å². The topological polar surface area (TPSA) is 12.5 Å². The Morgan fingerprint density at radius 2 is 2.09 bits per heavy atom. The Morgan fingerprint density at radius 1 is 1.26 bits per heavy atom. The molecule has 4 rings (SSSR count). The summed E-state index contributed by atoms with van der Waals surface area (Å²) in [6.45, 7) is 2.87. The van der Waals surface area contributed by atoms with Crippen molar-refractivity contribution in [3.63, 3.8) is 0 Å². The van der Waals surface area contributed by atoms with Gasteiger partial charge >= 0.3 is 0 Å². The zero-order valence-electron chi connectivity index (χ0n) is 13.6. The molecule has 0 N–H and O–H groups in total. The number of benzene rings is 2. The molecular weight excluding hydrogens is 282 g/mol. The molecule has 2 nitrogen and oxygen atoms in total. The van der Waals surface area contributed by atoms with Crippen molar-refractivity contribution < 1.29 is 4.74 Å². The number of ether oxygens (including phenoxy) is 1. The summed E-state index contributed by atoms with van der Waals surface area (Å²) in [6.07, 6.45) is 7.04. The van der Waals surface area contributed by atoms with E-state index < -0.39 is 0 Å². The molecule has 0 amide bonds. The van der Waals surface area contributed by atoms with Crippen LogP contribution in [0.2, 0.25) is 0 Å². The predicted molar refractivity (Wildman–Crippen MR) is 93.6 cm³/mol. The highest BCUT2D eigenvalue weighted by Gasteiger charge is 2.58. The van der Waals surface area contributed by atoms with E-state index >= 15 is 0 Å². The number of rotatable bonds is 2. The van der Waals surface area contributed by atoms with Crippen molar-refractivity contribution in [1.29, 1.82) is 0 Å². The zero-order chi connectivity index (χ0) is 16.0. The maximum atomic E-state index is 6.14. The lowest BCUT2D eigenvalue weighted by atomic mass is 9.67. The molecule has 0 aliphatic carbocycles. The lowest BCUT2D eigenvalue weighted by molar-refractivity contribution is 0.0844. The van der Waals surface area contributed by atoms with Crippen LogP contribution in [0.3, 0.4) is 0 Å². The minimum absolute atomic E-state index is 0.0148. The van der Waals surface area contributed by atoms with Crippen molar-refractivity contribution in [2.75, 3.05) is 18.6 Å². The van der Waals surface area contributed by atoms with Crippen LogP contribution >= 0.6 is 0 Å². The van der Waals surface area contributed by atoms with Gasteiger partial charge in [0.05, 0.1) is 17.9 Å². The van der Waals surface area contributed by atoms with Crippen LogP contribution in [0.4, 0.5) is 5.69 Å². The van der Waals surface area contributed by atoms with Gasteiger partial charge in [0.2, 0.25) is 0 Å². The van der Waals surface area contributed by atoms with Crippen molar-refractivity contribution in [3.05, 3.63) is 65.2 Å². The number of para-hydroxylation sites is 1. The quantitative estimate of drug-likeness (QED) is 0.782.